The zero-order valence-electron chi connectivity index (χ0n) is 19.7. The molecule has 3 aromatic rings. The van der Waals surface area contributed by atoms with Crippen molar-refractivity contribution in [2.24, 2.45) is 0 Å². The van der Waals surface area contributed by atoms with E-state index in [0.717, 1.165) is 17.3 Å². The number of sulfone groups is 1. The number of fused-ring (bicyclic) bond motifs is 1. The second-order valence-corrected chi connectivity index (χ2v) is 11.5. The van der Waals surface area contributed by atoms with Crippen molar-refractivity contribution in [3.63, 3.8) is 0 Å². The topological polar surface area (TPSA) is 112 Å². The minimum Gasteiger partial charge on any atom is -0.481 e. The first-order valence-electron chi connectivity index (χ1n) is 11.8. The van der Waals surface area contributed by atoms with Crippen molar-refractivity contribution < 1.29 is 22.7 Å². The normalized spacial score (nSPS) is 16.6. The van der Waals surface area contributed by atoms with Crippen molar-refractivity contribution in [1.82, 2.24) is 9.97 Å². The lowest BCUT2D eigenvalue weighted by Crippen LogP contribution is -2.28. The lowest BCUT2D eigenvalue weighted by molar-refractivity contribution is -0.136. The fraction of sp³-hybridized carbons (Fsp3) is 0.269. The van der Waals surface area contributed by atoms with Crippen molar-refractivity contribution >= 4 is 50.2 Å². The molecule has 0 radical (unpaired) electrons. The molecule has 0 amide bonds. The van der Waals surface area contributed by atoms with Crippen molar-refractivity contribution in [2.75, 3.05) is 29.1 Å². The molecule has 2 aliphatic rings. The van der Waals surface area contributed by atoms with Gasteiger partial charge < -0.3 is 15.3 Å². The number of halogens is 2. The first-order chi connectivity index (χ1) is 17.7. The van der Waals surface area contributed by atoms with Crippen LogP contribution in [-0.4, -0.2) is 48.3 Å². The van der Waals surface area contributed by atoms with Crippen LogP contribution in [0, 0.1) is 5.82 Å². The number of nitrogens with zero attached hydrogens (tertiary/aromatic N) is 3. The molecular weight excluding hydrogens is 519 g/mol. The molecule has 0 bridgehead atoms. The van der Waals surface area contributed by atoms with Gasteiger partial charge in [0.15, 0.2) is 21.5 Å². The highest BCUT2D eigenvalue weighted by Crippen LogP contribution is 2.34. The van der Waals surface area contributed by atoms with Crippen LogP contribution in [0.25, 0.3) is 5.57 Å². The second kappa shape index (κ2) is 10.1. The highest BCUT2D eigenvalue weighted by atomic mass is 35.5. The zero-order valence-corrected chi connectivity index (χ0v) is 21.3. The summed E-state index contributed by atoms with van der Waals surface area (Å²) in [6, 6.07) is 11.6. The number of carboxylic acid groups (broad SMARTS) is 1. The van der Waals surface area contributed by atoms with E-state index in [1.54, 1.807) is 0 Å². The van der Waals surface area contributed by atoms with Crippen LogP contribution in [0.2, 0.25) is 5.02 Å². The zero-order chi connectivity index (χ0) is 26.2. The highest BCUT2D eigenvalue weighted by molar-refractivity contribution is 7.91. The maximum Gasteiger partial charge on any atom is 0.307 e. The molecule has 0 saturated heterocycles. The van der Waals surface area contributed by atoms with Crippen LogP contribution in [0.3, 0.4) is 0 Å². The fourth-order valence-electron chi connectivity index (χ4n) is 4.58. The molecule has 0 unspecified atom stereocenters. The Labute approximate surface area is 218 Å². The molecule has 2 N–H and O–H groups in total. The van der Waals surface area contributed by atoms with Gasteiger partial charge in [0.05, 0.1) is 23.6 Å². The molecule has 192 valence electrons. The van der Waals surface area contributed by atoms with E-state index in [4.69, 9.17) is 16.7 Å². The SMILES string of the molecule is O=C(O)Cc1ccc(Nc2nc(C3=CCN(c4ccc(Cl)cc4)CC3)nc3c2S(=O)(=O)CCC3)c(F)c1. The van der Waals surface area contributed by atoms with Gasteiger partial charge in [-0.25, -0.2) is 22.8 Å². The van der Waals surface area contributed by atoms with Crippen molar-refractivity contribution in [3.8, 4) is 0 Å². The monoisotopic (exact) mass is 542 g/mol. The van der Waals surface area contributed by atoms with Crippen LogP contribution in [0.5, 0.6) is 0 Å². The van der Waals surface area contributed by atoms with E-state index in [1.165, 1.54) is 12.1 Å². The summed E-state index contributed by atoms with van der Waals surface area (Å²) in [5.74, 6) is -1.36. The average molecular weight is 543 g/mol. The number of carboxylic acids is 1. The number of aryl methyl sites for hydroxylation is 1. The van der Waals surface area contributed by atoms with Gasteiger partial charge in [0.1, 0.15) is 10.7 Å². The number of hydrogen-bond acceptors (Lipinski definition) is 7. The highest BCUT2D eigenvalue weighted by Gasteiger charge is 2.31. The van der Waals surface area contributed by atoms with Crippen LogP contribution in [0.1, 0.15) is 29.9 Å². The summed E-state index contributed by atoms with van der Waals surface area (Å²) in [4.78, 5) is 22.3. The first-order valence-corrected chi connectivity index (χ1v) is 13.8. The number of benzene rings is 2. The summed E-state index contributed by atoms with van der Waals surface area (Å²) >= 11 is 6.00. The number of nitrogens with one attached hydrogen (secondary N) is 1. The molecule has 3 heterocycles. The van der Waals surface area contributed by atoms with Gasteiger partial charge in [-0.2, -0.15) is 0 Å². The van der Waals surface area contributed by atoms with Crippen LogP contribution in [0.4, 0.5) is 21.6 Å². The van der Waals surface area contributed by atoms with E-state index in [9.17, 15) is 17.6 Å². The van der Waals surface area contributed by atoms with E-state index >= 15 is 0 Å². The Kier molecular flexibility index (Phi) is 6.87. The van der Waals surface area contributed by atoms with E-state index in [0.29, 0.717) is 54.5 Å². The third kappa shape index (κ3) is 5.45. The summed E-state index contributed by atoms with van der Waals surface area (Å²) in [7, 11) is -3.65. The largest absolute Gasteiger partial charge is 0.481 e. The van der Waals surface area contributed by atoms with Gasteiger partial charge in [-0.05, 0) is 66.8 Å². The Morgan fingerprint density at radius 3 is 2.59 bits per heavy atom. The fourth-order valence-corrected chi connectivity index (χ4v) is 6.34. The van der Waals surface area contributed by atoms with Gasteiger partial charge in [0.2, 0.25) is 0 Å². The van der Waals surface area contributed by atoms with Crippen molar-refractivity contribution in [3.05, 3.63) is 76.5 Å². The van der Waals surface area contributed by atoms with Crippen LogP contribution in [-0.2, 0) is 27.5 Å². The summed E-state index contributed by atoms with van der Waals surface area (Å²) in [5.41, 5.74) is 2.65. The van der Waals surface area contributed by atoms with E-state index in [-0.39, 0.29) is 28.6 Å². The summed E-state index contributed by atoms with van der Waals surface area (Å²) in [6.45, 7) is 1.34. The quantitative estimate of drug-likeness (QED) is 0.463. The number of hydrogen-bond donors (Lipinski definition) is 2. The summed E-state index contributed by atoms with van der Waals surface area (Å²) in [5, 5.41) is 12.5. The smallest absolute Gasteiger partial charge is 0.307 e. The molecule has 0 saturated carbocycles. The van der Waals surface area contributed by atoms with Crippen molar-refractivity contribution in [2.45, 2.75) is 30.6 Å². The van der Waals surface area contributed by atoms with Gasteiger partial charge in [-0.3, -0.25) is 4.79 Å². The molecule has 0 atom stereocenters. The minimum absolute atomic E-state index is 0.00397. The van der Waals surface area contributed by atoms with Gasteiger partial charge >= 0.3 is 5.97 Å². The maximum absolute atomic E-state index is 14.8. The van der Waals surface area contributed by atoms with Gasteiger partial charge in [0.25, 0.3) is 0 Å². The van der Waals surface area contributed by atoms with Gasteiger partial charge in [-0.15, -0.1) is 0 Å². The number of carbonyl (C=O) groups is 1. The molecular formula is C26H24ClFN4O4S. The van der Waals surface area contributed by atoms with E-state index in [2.05, 4.69) is 20.2 Å². The Bertz CT molecular complexity index is 1510. The number of anilines is 3. The summed E-state index contributed by atoms with van der Waals surface area (Å²) in [6.07, 6.45) is 3.27. The number of aromatic nitrogens is 2. The Morgan fingerprint density at radius 2 is 1.92 bits per heavy atom. The molecule has 37 heavy (non-hydrogen) atoms. The predicted molar refractivity (Wildman–Crippen MR) is 140 cm³/mol. The molecule has 0 fully saturated rings. The summed E-state index contributed by atoms with van der Waals surface area (Å²) < 4.78 is 40.7. The van der Waals surface area contributed by atoms with Gasteiger partial charge in [-0.1, -0.05) is 23.7 Å². The average Bonchev–Trinajstić information content (AvgIpc) is 2.85. The standard InChI is InChI=1S/C26H24ClFN4O4S/c27-18-4-6-19(7-5-18)32-11-9-17(10-12-32)25-30-22-2-1-13-37(35,36)24(22)26(31-25)29-21-8-3-16(14-20(21)28)15-23(33)34/h3-9,14H,1-2,10-13,15H2,(H,33,34)(H,29,30,31). The lowest BCUT2D eigenvalue weighted by Gasteiger charge is -2.28. The van der Waals surface area contributed by atoms with Crippen LogP contribution in [0.15, 0.2) is 53.4 Å². The molecule has 11 heteroatoms. The minimum atomic E-state index is -3.65. The molecule has 2 aromatic carbocycles. The maximum atomic E-state index is 14.8. The third-order valence-corrected chi connectivity index (χ3v) is 8.53. The molecule has 2 aliphatic heterocycles. The molecule has 8 nitrogen and oxygen atoms in total. The Hall–Kier alpha value is -3.50. The van der Waals surface area contributed by atoms with Crippen LogP contribution < -0.4 is 10.2 Å². The van der Waals surface area contributed by atoms with E-state index < -0.39 is 21.6 Å². The second-order valence-electron chi connectivity index (χ2n) is 9.01. The number of rotatable bonds is 6. The molecule has 0 aliphatic carbocycles. The van der Waals surface area contributed by atoms with Crippen LogP contribution >= 0.6 is 11.6 Å². The Morgan fingerprint density at radius 1 is 1.14 bits per heavy atom. The lowest BCUT2D eigenvalue weighted by atomic mass is 10.1. The number of aliphatic carboxylic acids is 1. The first kappa shape index (κ1) is 25.2. The molecule has 5 rings (SSSR count). The molecule has 0 spiro atoms. The van der Waals surface area contributed by atoms with E-state index in [1.807, 2.05) is 30.3 Å². The predicted octanol–water partition coefficient (Wildman–Crippen LogP) is 4.65. The van der Waals surface area contributed by atoms with Crippen molar-refractivity contribution in [1.29, 1.82) is 0 Å². The van der Waals surface area contributed by atoms with Gasteiger partial charge in [0, 0.05) is 23.8 Å². The Balaban J connectivity index is 1.48. The third-order valence-electron chi connectivity index (χ3n) is 6.40. The molecule has 1 aromatic heterocycles.